The van der Waals surface area contributed by atoms with E-state index in [1.165, 1.54) is 31.1 Å². The Balaban J connectivity index is 0.000000248. The number of hydrogen-bond donors (Lipinski definition) is 2. The van der Waals surface area contributed by atoms with Crippen LogP contribution in [-0.2, 0) is 36.9 Å². The minimum Gasteiger partial charge on any atom is -0.465 e. The van der Waals surface area contributed by atoms with Crippen LogP contribution in [0.4, 0.5) is 8.78 Å². The topological polar surface area (TPSA) is 137 Å². The van der Waals surface area contributed by atoms with Gasteiger partial charge < -0.3 is 14.8 Å². The Labute approximate surface area is 332 Å². The molecule has 16 heteroatoms. The maximum Gasteiger partial charge on any atom is 0.393 e. The molecular formula is C39H42B2Cl2F2N2O7S. The van der Waals surface area contributed by atoms with Gasteiger partial charge in [0.15, 0.2) is 5.41 Å². The molecule has 9 nitrogen and oxygen atoms in total. The normalized spacial score (nSPS) is 16.6. The van der Waals surface area contributed by atoms with Gasteiger partial charge in [0.2, 0.25) is 0 Å². The molecule has 0 aliphatic carbocycles. The molecule has 0 amide bonds. The second-order valence-corrected chi connectivity index (χ2v) is 16.1. The average Bonchev–Trinajstić information content (AvgIpc) is 3.44. The summed E-state index contributed by atoms with van der Waals surface area (Å²) < 4.78 is 62.5. The summed E-state index contributed by atoms with van der Waals surface area (Å²) in [6, 6.07) is 24.9. The molecule has 55 heavy (non-hydrogen) atoms. The minimum absolute atomic E-state index is 0.0160. The molecule has 4 aromatic carbocycles. The molecule has 290 valence electrons. The van der Waals surface area contributed by atoms with Gasteiger partial charge in [0, 0.05) is 27.2 Å². The van der Waals surface area contributed by atoms with E-state index >= 15 is 0 Å². The van der Waals surface area contributed by atoms with Gasteiger partial charge in [-0.05, 0) is 111 Å². The number of hydrogen-bond acceptors (Lipinski definition) is 8. The number of nitrogens with zero attached hydrogens (tertiary/aromatic N) is 2. The van der Waals surface area contributed by atoms with Gasteiger partial charge in [0.05, 0.1) is 19.3 Å². The summed E-state index contributed by atoms with van der Waals surface area (Å²) in [6.45, 7) is 5.96. The van der Waals surface area contributed by atoms with Gasteiger partial charge in [0.25, 0.3) is 6.92 Å². The quantitative estimate of drug-likeness (QED) is 0.102. The molecule has 0 spiro atoms. The molecule has 1 fully saturated rings. The van der Waals surface area contributed by atoms with E-state index in [1.54, 1.807) is 57.1 Å². The Bertz CT molecular complexity index is 2090. The lowest BCUT2D eigenvalue weighted by molar-refractivity contribution is -0.151. The lowest BCUT2D eigenvalue weighted by atomic mass is 9.60. The van der Waals surface area contributed by atoms with Crippen molar-refractivity contribution in [3.63, 3.8) is 0 Å². The van der Waals surface area contributed by atoms with Gasteiger partial charge >= 0.3 is 23.3 Å². The molecule has 2 N–H and O–H groups in total. The zero-order chi connectivity index (χ0) is 40.5. The van der Waals surface area contributed by atoms with E-state index in [2.05, 4.69) is 6.07 Å². The third kappa shape index (κ3) is 11.9. The van der Waals surface area contributed by atoms with Crippen molar-refractivity contribution in [3.05, 3.63) is 118 Å². The molecule has 1 unspecified atom stereocenters. The van der Waals surface area contributed by atoms with E-state index in [1.807, 2.05) is 24.3 Å². The fraction of sp³-hybridized carbons (Fsp3) is 0.333. The fourth-order valence-electron chi connectivity index (χ4n) is 6.57. The van der Waals surface area contributed by atoms with Crippen LogP contribution in [0.25, 0.3) is 22.3 Å². The highest BCUT2D eigenvalue weighted by Crippen LogP contribution is 2.33. The van der Waals surface area contributed by atoms with E-state index in [9.17, 15) is 37.3 Å². The molecule has 0 radical (unpaired) electrons. The van der Waals surface area contributed by atoms with Crippen molar-refractivity contribution in [1.82, 2.24) is 4.22 Å². The van der Waals surface area contributed by atoms with Crippen LogP contribution in [0.3, 0.4) is 0 Å². The molecule has 5 rings (SSSR count). The summed E-state index contributed by atoms with van der Waals surface area (Å²) in [5.41, 5.74) is 2.74. The fourth-order valence-corrected chi connectivity index (χ4v) is 8.24. The van der Waals surface area contributed by atoms with Crippen LogP contribution >= 0.6 is 23.2 Å². The van der Waals surface area contributed by atoms with Crippen molar-refractivity contribution in [2.75, 3.05) is 13.2 Å². The number of ether oxygens (including phenoxy) is 1. The molecule has 1 aliphatic rings. The summed E-state index contributed by atoms with van der Waals surface area (Å²) in [7, 11) is -5.07. The highest BCUT2D eigenvalue weighted by molar-refractivity contribution is 7.85. The smallest absolute Gasteiger partial charge is 0.393 e. The Kier molecular flexibility index (Phi) is 15.5. The molecule has 0 saturated carbocycles. The molecule has 0 bridgehead atoms. The van der Waals surface area contributed by atoms with Gasteiger partial charge in [-0.25, -0.2) is 8.78 Å². The van der Waals surface area contributed by atoms with E-state index in [0.29, 0.717) is 51.5 Å². The van der Waals surface area contributed by atoms with Crippen molar-refractivity contribution in [1.29, 1.82) is 5.26 Å². The third-order valence-electron chi connectivity index (χ3n) is 9.12. The molecule has 4 aromatic rings. The third-order valence-corrected chi connectivity index (χ3v) is 11.1. The van der Waals surface area contributed by atoms with Crippen molar-refractivity contribution >= 4 is 53.4 Å². The zero-order valence-electron chi connectivity index (χ0n) is 30.9. The largest absolute Gasteiger partial charge is 0.465 e. The first-order valence-corrected chi connectivity index (χ1v) is 19.8. The number of benzene rings is 4. The first-order valence-electron chi connectivity index (χ1n) is 17.7. The SMILES string of the molecule is CB(O)N1[C@H](Cc2ccc(-c3cc(Cl)ccc3F)cc2)COS1(=O)=O.CCOC(=O)C(C)(C#N)C[C@H](CB(C)O)Cc1ccc(-c2cc(Cl)ccc2F)cc1. The number of rotatable bonds is 13. The van der Waals surface area contributed by atoms with E-state index in [4.69, 9.17) is 32.1 Å². The second kappa shape index (κ2) is 19.4. The molecule has 3 atom stereocenters. The van der Waals surface area contributed by atoms with Crippen LogP contribution in [0.1, 0.15) is 31.4 Å². The molecule has 1 saturated heterocycles. The summed E-state index contributed by atoms with van der Waals surface area (Å²) in [5, 5.41) is 30.1. The standard InChI is InChI=1S/C23H26BClFNO3.C16H16BClFNO4S/c1-4-30-22(28)23(2,15-27)13-17(14-24(3)29)11-16-5-7-18(8-6-16)20-12-19(25)9-10-21(20)26;1-17(21)20-14(10-24-25(20,22)23)8-11-2-4-12(5-3-11)15-9-13(18)6-7-16(15)19/h5-10,12,17,29H,4,11,13-14H2,1-3H3;2-7,9,14,21H,8,10H2,1H3/t17-,23?;14-/m11/s1. The number of esters is 1. The lowest BCUT2D eigenvalue weighted by Crippen LogP contribution is -2.45. The minimum atomic E-state index is -3.90. The maximum absolute atomic E-state index is 14.1. The van der Waals surface area contributed by atoms with Gasteiger partial charge in [-0.15, -0.1) is 0 Å². The number of carbonyl (C=O) groups is 1. The van der Waals surface area contributed by atoms with Gasteiger partial charge in [0.1, 0.15) is 11.6 Å². The number of nitriles is 1. The maximum atomic E-state index is 14.1. The predicted octanol–water partition coefficient (Wildman–Crippen LogP) is 8.15. The van der Waals surface area contributed by atoms with Crippen LogP contribution in [0.15, 0.2) is 84.9 Å². The first-order chi connectivity index (χ1) is 26.0. The van der Waals surface area contributed by atoms with Crippen LogP contribution in [0.2, 0.25) is 30.0 Å². The first kappa shape index (κ1) is 43.9. The molecular weight excluding hydrogens is 771 g/mol. The summed E-state index contributed by atoms with van der Waals surface area (Å²) in [4.78, 5) is 12.3. The Morgan fingerprint density at radius 1 is 0.964 bits per heavy atom. The van der Waals surface area contributed by atoms with Crippen molar-refractivity contribution in [2.45, 2.75) is 59.1 Å². The van der Waals surface area contributed by atoms with Gasteiger partial charge in [-0.2, -0.15) is 17.9 Å². The van der Waals surface area contributed by atoms with Crippen molar-refractivity contribution in [2.24, 2.45) is 11.3 Å². The van der Waals surface area contributed by atoms with Gasteiger partial charge in [-0.1, -0.05) is 78.6 Å². The van der Waals surface area contributed by atoms with E-state index < -0.39 is 41.7 Å². The van der Waals surface area contributed by atoms with E-state index in [-0.39, 0.29) is 37.2 Å². The Morgan fingerprint density at radius 3 is 1.93 bits per heavy atom. The highest BCUT2D eigenvalue weighted by Gasteiger charge is 2.43. The Morgan fingerprint density at radius 2 is 1.47 bits per heavy atom. The van der Waals surface area contributed by atoms with Crippen LogP contribution in [-0.4, -0.2) is 61.9 Å². The molecule has 1 heterocycles. The van der Waals surface area contributed by atoms with Crippen molar-refractivity contribution in [3.8, 4) is 28.3 Å². The summed E-state index contributed by atoms with van der Waals surface area (Å²) >= 11 is 11.9. The summed E-state index contributed by atoms with van der Waals surface area (Å²) in [6.07, 6.45) is 1.67. The number of halogens is 4. The summed E-state index contributed by atoms with van der Waals surface area (Å²) in [5.74, 6) is -1.37. The lowest BCUT2D eigenvalue weighted by Gasteiger charge is -2.26. The molecule has 0 aromatic heterocycles. The van der Waals surface area contributed by atoms with Gasteiger partial charge in [-0.3, -0.25) is 8.98 Å². The van der Waals surface area contributed by atoms with Crippen LogP contribution in [0, 0.1) is 34.3 Å². The predicted molar refractivity (Wildman–Crippen MR) is 213 cm³/mol. The van der Waals surface area contributed by atoms with E-state index in [0.717, 1.165) is 15.3 Å². The van der Waals surface area contributed by atoms with Crippen LogP contribution < -0.4 is 0 Å². The number of carbonyl (C=O) groups excluding carboxylic acids is 1. The molecule has 1 aliphatic heterocycles. The average molecular weight is 813 g/mol. The van der Waals surface area contributed by atoms with Crippen LogP contribution in [0.5, 0.6) is 0 Å². The Hall–Kier alpha value is -3.80. The zero-order valence-corrected chi connectivity index (χ0v) is 33.2. The second-order valence-electron chi connectivity index (χ2n) is 13.7. The highest BCUT2D eigenvalue weighted by atomic mass is 35.5. The monoisotopic (exact) mass is 812 g/mol. The van der Waals surface area contributed by atoms with Crippen molar-refractivity contribution < 1.29 is 41.0 Å².